The van der Waals surface area contributed by atoms with E-state index in [-0.39, 0.29) is 0 Å². The van der Waals surface area contributed by atoms with E-state index < -0.39 is 0 Å². The first-order valence-corrected chi connectivity index (χ1v) is 6.07. The molecule has 0 bridgehead atoms. The van der Waals surface area contributed by atoms with Crippen LogP contribution in [0.4, 0.5) is 5.82 Å². The minimum atomic E-state index is 0.746. The number of piperidine rings is 1. The predicted molar refractivity (Wildman–Crippen MR) is 66.6 cm³/mol. The monoisotopic (exact) mass is 232 g/mol. The minimum absolute atomic E-state index is 0.746. The first kappa shape index (κ1) is 10.4. The summed E-state index contributed by atoms with van der Waals surface area (Å²) >= 11 is 0. The van der Waals surface area contributed by atoms with Gasteiger partial charge in [-0.15, -0.1) is 0 Å². The van der Waals surface area contributed by atoms with E-state index in [1.54, 1.807) is 7.11 Å². The highest BCUT2D eigenvalue weighted by molar-refractivity contribution is 5.92. The summed E-state index contributed by atoms with van der Waals surface area (Å²) in [5.74, 6) is 1.71. The van der Waals surface area contributed by atoms with Crippen LogP contribution in [-0.4, -0.2) is 25.4 Å². The lowest BCUT2D eigenvalue weighted by Gasteiger charge is -2.26. The Morgan fingerprint density at radius 3 is 2.82 bits per heavy atom. The van der Waals surface area contributed by atoms with Crippen LogP contribution in [-0.2, 0) is 0 Å². The third-order valence-electron chi connectivity index (χ3n) is 3.32. The van der Waals surface area contributed by atoms with Gasteiger partial charge in [0.2, 0.25) is 5.58 Å². The molecule has 0 N–H and O–H groups in total. The zero-order chi connectivity index (χ0) is 11.7. The number of hydrogen-bond donors (Lipinski definition) is 0. The molecule has 17 heavy (non-hydrogen) atoms. The molecule has 1 saturated heterocycles. The molecule has 2 heterocycles. The lowest BCUT2D eigenvalue weighted by molar-refractivity contribution is 0.392. The van der Waals surface area contributed by atoms with Crippen LogP contribution >= 0.6 is 0 Å². The van der Waals surface area contributed by atoms with Crippen molar-refractivity contribution in [1.29, 1.82) is 0 Å². The number of methoxy groups -OCH3 is 1. The van der Waals surface area contributed by atoms with Crippen molar-refractivity contribution in [1.82, 2.24) is 5.16 Å². The van der Waals surface area contributed by atoms with Crippen LogP contribution in [0.5, 0.6) is 5.75 Å². The van der Waals surface area contributed by atoms with Gasteiger partial charge >= 0.3 is 0 Å². The molecule has 4 heteroatoms. The molecule has 0 atom stereocenters. The third kappa shape index (κ3) is 1.73. The van der Waals surface area contributed by atoms with Gasteiger partial charge in [0, 0.05) is 13.1 Å². The smallest absolute Gasteiger partial charge is 0.210 e. The molecule has 2 aromatic rings. The Kier molecular flexibility index (Phi) is 2.63. The van der Waals surface area contributed by atoms with Gasteiger partial charge < -0.3 is 14.2 Å². The van der Waals surface area contributed by atoms with Gasteiger partial charge in [-0.3, -0.25) is 0 Å². The van der Waals surface area contributed by atoms with E-state index >= 15 is 0 Å². The van der Waals surface area contributed by atoms with E-state index in [0.717, 1.165) is 35.6 Å². The average Bonchev–Trinajstić information content (AvgIpc) is 2.83. The molecule has 0 radical (unpaired) electrons. The van der Waals surface area contributed by atoms with Crippen LogP contribution in [0.3, 0.4) is 0 Å². The number of hydrogen-bond acceptors (Lipinski definition) is 4. The van der Waals surface area contributed by atoms with Gasteiger partial charge in [-0.05, 0) is 31.4 Å². The molecule has 1 aromatic heterocycles. The van der Waals surface area contributed by atoms with E-state index in [1.165, 1.54) is 19.3 Å². The second kappa shape index (κ2) is 4.28. The highest BCUT2D eigenvalue weighted by Crippen LogP contribution is 2.33. The van der Waals surface area contributed by atoms with Crippen molar-refractivity contribution in [2.75, 3.05) is 25.1 Å². The summed E-state index contributed by atoms with van der Waals surface area (Å²) in [4.78, 5) is 2.30. The third-order valence-corrected chi connectivity index (χ3v) is 3.32. The van der Waals surface area contributed by atoms with Crippen molar-refractivity contribution in [3.63, 3.8) is 0 Å². The van der Waals surface area contributed by atoms with Gasteiger partial charge in [0.1, 0.15) is 0 Å². The van der Waals surface area contributed by atoms with Gasteiger partial charge in [-0.25, -0.2) is 0 Å². The van der Waals surface area contributed by atoms with Gasteiger partial charge in [0.25, 0.3) is 0 Å². The molecular formula is C13H16N2O2. The van der Waals surface area contributed by atoms with Crippen molar-refractivity contribution in [3.05, 3.63) is 18.2 Å². The van der Waals surface area contributed by atoms with E-state index in [9.17, 15) is 0 Å². The quantitative estimate of drug-likeness (QED) is 0.798. The predicted octanol–water partition coefficient (Wildman–Crippen LogP) is 2.83. The highest BCUT2D eigenvalue weighted by Gasteiger charge is 2.19. The number of ether oxygens (including phenoxy) is 1. The fourth-order valence-corrected chi connectivity index (χ4v) is 2.42. The molecule has 1 aliphatic heterocycles. The Morgan fingerprint density at radius 1 is 1.24 bits per heavy atom. The summed E-state index contributed by atoms with van der Waals surface area (Å²) in [5, 5.41) is 5.25. The summed E-state index contributed by atoms with van der Waals surface area (Å²) in [6.07, 6.45) is 3.78. The first-order valence-electron chi connectivity index (χ1n) is 6.07. The fourth-order valence-electron chi connectivity index (χ4n) is 2.42. The molecule has 0 unspecified atom stereocenters. The molecule has 0 aliphatic carbocycles. The van der Waals surface area contributed by atoms with Crippen LogP contribution in [0.1, 0.15) is 19.3 Å². The molecule has 1 aliphatic rings. The van der Waals surface area contributed by atoms with Crippen LogP contribution in [0.25, 0.3) is 11.0 Å². The Morgan fingerprint density at radius 2 is 2.06 bits per heavy atom. The van der Waals surface area contributed by atoms with Crippen molar-refractivity contribution >= 4 is 16.8 Å². The minimum Gasteiger partial charge on any atom is -0.493 e. The SMILES string of the molecule is COc1cccc2c(N3CCCCC3)noc12. The second-order valence-electron chi connectivity index (χ2n) is 4.39. The number of anilines is 1. The first-order chi connectivity index (χ1) is 8.40. The van der Waals surface area contributed by atoms with Crippen LogP contribution < -0.4 is 9.64 Å². The molecule has 3 rings (SSSR count). The lowest BCUT2D eigenvalue weighted by Crippen LogP contribution is -2.29. The van der Waals surface area contributed by atoms with Crippen LogP contribution in [0, 0.1) is 0 Å². The average molecular weight is 232 g/mol. The summed E-state index contributed by atoms with van der Waals surface area (Å²) < 4.78 is 10.7. The highest BCUT2D eigenvalue weighted by atomic mass is 16.5. The topological polar surface area (TPSA) is 38.5 Å². The van der Waals surface area contributed by atoms with Crippen molar-refractivity contribution in [3.8, 4) is 5.75 Å². The standard InChI is InChI=1S/C13H16N2O2/c1-16-11-7-5-6-10-12(11)17-14-13(10)15-8-3-2-4-9-15/h5-7H,2-4,8-9H2,1H3. The molecule has 4 nitrogen and oxygen atoms in total. The Bertz CT molecular complexity index is 515. The van der Waals surface area contributed by atoms with E-state index in [0.29, 0.717) is 0 Å². The summed E-state index contributed by atoms with van der Waals surface area (Å²) in [7, 11) is 1.65. The van der Waals surface area contributed by atoms with E-state index in [1.807, 2.05) is 18.2 Å². The van der Waals surface area contributed by atoms with Gasteiger partial charge in [0.05, 0.1) is 12.5 Å². The fraction of sp³-hybridized carbons (Fsp3) is 0.462. The Hall–Kier alpha value is -1.71. The maximum absolute atomic E-state index is 5.41. The molecule has 0 spiro atoms. The van der Waals surface area contributed by atoms with Gasteiger partial charge in [0.15, 0.2) is 11.6 Å². The molecule has 1 aromatic carbocycles. The van der Waals surface area contributed by atoms with Crippen molar-refractivity contribution in [2.24, 2.45) is 0 Å². The molecule has 1 fully saturated rings. The number of fused-ring (bicyclic) bond motifs is 1. The number of nitrogens with zero attached hydrogens (tertiary/aromatic N) is 2. The van der Waals surface area contributed by atoms with Crippen molar-refractivity contribution < 1.29 is 9.26 Å². The molecule has 90 valence electrons. The van der Waals surface area contributed by atoms with E-state index in [2.05, 4.69) is 10.1 Å². The largest absolute Gasteiger partial charge is 0.493 e. The zero-order valence-electron chi connectivity index (χ0n) is 9.98. The maximum atomic E-state index is 5.41. The van der Waals surface area contributed by atoms with Gasteiger partial charge in [-0.1, -0.05) is 11.2 Å². The maximum Gasteiger partial charge on any atom is 0.210 e. The Labute approximate surface area is 100 Å². The summed E-state index contributed by atoms with van der Waals surface area (Å²) in [6.45, 7) is 2.14. The van der Waals surface area contributed by atoms with Crippen molar-refractivity contribution in [2.45, 2.75) is 19.3 Å². The second-order valence-corrected chi connectivity index (χ2v) is 4.39. The summed E-state index contributed by atoms with van der Waals surface area (Å²) in [6, 6.07) is 5.91. The van der Waals surface area contributed by atoms with Crippen LogP contribution in [0.2, 0.25) is 0 Å². The lowest BCUT2D eigenvalue weighted by atomic mass is 10.1. The number of para-hydroxylation sites is 1. The van der Waals surface area contributed by atoms with E-state index in [4.69, 9.17) is 9.26 Å². The normalized spacial score (nSPS) is 16.4. The summed E-state index contributed by atoms with van der Waals surface area (Å²) in [5.41, 5.74) is 0.746. The number of benzene rings is 1. The molecular weight excluding hydrogens is 216 g/mol. The number of rotatable bonds is 2. The van der Waals surface area contributed by atoms with Crippen LogP contribution in [0.15, 0.2) is 22.7 Å². The zero-order valence-corrected chi connectivity index (χ0v) is 9.98. The molecule has 0 saturated carbocycles. The Balaban J connectivity index is 2.05. The molecule has 0 amide bonds. The van der Waals surface area contributed by atoms with Gasteiger partial charge in [-0.2, -0.15) is 0 Å². The number of aromatic nitrogens is 1.